The number of hydrogen-bond donors (Lipinski definition) is 0. The first-order chi connectivity index (χ1) is 8.91. The lowest BCUT2D eigenvalue weighted by Crippen LogP contribution is -1.97. The lowest BCUT2D eigenvalue weighted by atomic mass is 9.94. The summed E-state index contributed by atoms with van der Waals surface area (Å²) < 4.78 is 0. The Labute approximate surface area is 120 Å². The molecule has 1 nitrogen and oxygen atoms in total. The second-order valence-corrected chi connectivity index (χ2v) is 6.30. The van der Waals surface area contributed by atoms with Crippen LogP contribution < -0.4 is 0 Å². The molecule has 0 fully saturated rings. The van der Waals surface area contributed by atoms with Gasteiger partial charge in [0.15, 0.2) is 5.78 Å². The van der Waals surface area contributed by atoms with Gasteiger partial charge in [0.05, 0.1) is 0 Å². The van der Waals surface area contributed by atoms with Crippen molar-refractivity contribution in [2.45, 2.75) is 73.1 Å². The smallest absolute Gasteiger partial charge is 0.152 e. The second-order valence-electron chi connectivity index (χ2n) is 6.30. The Balaban J connectivity index is 3.69. The Bertz CT molecular complexity index is 297. The maximum Gasteiger partial charge on any atom is 0.152 e. The van der Waals surface area contributed by atoms with E-state index >= 15 is 0 Å². The summed E-state index contributed by atoms with van der Waals surface area (Å²) in [5.41, 5.74) is 1.37. The highest BCUT2D eigenvalue weighted by molar-refractivity contribution is 5.87. The van der Waals surface area contributed by atoms with E-state index in [0.717, 1.165) is 18.3 Å². The summed E-state index contributed by atoms with van der Waals surface area (Å²) in [5.74, 6) is 1.80. The predicted molar refractivity (Wildman–Crippen MR) is 85.3 cm³/mol. The summed E-state index contributed by atoms with van der Waals surface area (Å²) in [7, 11) is 0. The van der Waals surface area contributed by atoms with E-state index in [1.165, 1.54) is 37.7 Å². The number of allylic oxidation sites excluding steroid dienone is 4. The van der Waals surface area contributed by atoms with Crippen LogP contribution >= 0.6 is 0 Å². The van der Waals surface area contributed by atoms with E-state index in [9.17, 15) is 4.79 Å². The molecule has 0 rings (SSSR count). The molecular formula is C18H32O. The van der Waals surface area contributed by atoms with E-state index in [4.69, 9.17) is 0 Å². The topological polar surface area (TPSA) is 17.1 Å². The summed E-state index contributed by atoms with van der Waals surface area (Å²) in [4.78, 5) is 10.8. The van der Waals surface area contributed by atoms with Gasteiger partial charge in [-0.05, 0) is 44.6 Å². The fraction of sp³-hybridized carbons (Fsp3) is 0.722. The van der Waals surface area contributed by atoms with Gasteiger partial charge in [0.2, 0.25) is 0 Å². The van der Waals surface area contributed by atoms with E-state index in [-0.39, 0.29) is 5.78 Å². The average Bonchev–Trinajstić information content (AvgIpc) is 2.27. The van der Waals surface area contributed by atoms with Crippen molar-refractivity contribution in [1.82, 2.24) is 0 Å². The lowest BCUT2D eigenvalue weighted by molar-refractivity contribution is -0.112. The number of carbonyl (C=O) groups excluding carboxylic acids is 1. The van der Waals surface area contributed by atoms with Crippen LogP contribution in [0, 0.1) is 11.8 Å². The fourth-order valence-electron chi connectivity index (χ4n) is 2.18. The summed E-state index contributed by atoms with van der Waals surface area (Å²) >= 11 is 0. The van der Waals surface area contributed by atoms with Gasteiger partial charge in [-0.1, -0.05) is 64.2 Å². The van der Waals surface area contributed by atoms with Crippen LogP contribution in [0.4, 0.5) is 0 Å². The fourth-order valence-corrected chi connectivity index (χ4v) is 2.18. The first kappa shape index (κ1) is 18.1. The molecule has 0 aliphatic heterocycles. The largest absolute Gasteiger partial charge is 0.295 e. The van der Waals surface area contributed by atoms with Crippen molar-refractivity contribution in [1.29, 1.82) is 0 Å². The minimum atomic E-state index is 0.114. The maximum absolute atomic E-state index is 10.8. The summed E-state index contributed by atoms with van der Waals surface area (Å²) in [6.45, 7) is 10.7. The van der Waals surface area contributed by atoms with Gasteiger partial charge >= 0.3 is 0 Å². The van der Waals surface area contributed by atoms with Gasteiger partial charge in [-0.15, -0.1) is 0 Å². The number of rotatable bonds is 10. The molecule has 0 aromatic carbocycles. The van der Waals surface area contributed by atoms with Crippen LogP contribution in [0.15, 0.2) is 23.8 Å². The van der Waals surface area contributed by atoms with E-state index < -0.39 is 0 Å². The van der Waals surface area contributed by atoms with Crippen molar-refractivity contribution in [3.05, 3.63) is 23.8 Å². The Morgan fingerprint density at radius 3 is 2.21 bits per heavy atom. The highest BCUT2D eigenvalue weighted by Crippen LogP contribution is 2.18. The van der Waals surface area contributed by atoms with Crippen molar-refractivity contribution in [3.8, 4) is 0 Å². The van der Waals surface area contributed by atoms with Crippen molar-refractivity contribution >= 4 is 5.78 Å². The monoisotopic (exact) mass is 264 g/mol. The molecule has 0 heterocycles. The minimum absolute atomic E-state index is 0.114. The van der Waals surface area contributed by atoms with Gasteiger partial charge in [-0.3, -0.25) is 4.79 Å². The van der Waals surface area contributed by atoms with Crippen LogP contribution in [0.3, 0.4) is 0 Å². The van der Waals surface area contributed by atoms with E-state index in [1.807, 2.05) is 6.08 Å². The van der Waals surface area contributed by atoms with Crippen molar-refractivity contribution in [2.24, 2.45) is 11.8 Å². The maximum atomic E-state index is 10.8. The molecule has 0 aromatic heterocycles. The van der Waals surface area contributed by atoms with Crippen LogP contribution in [-0.2, 0) is 4.79 Å². The molecule has 110 valence electrons. The third-order valence-electron chi connectivity index (χ3n) is 3.46. The number of hydrogen-bond acceptors (Lipinski definition) is 1. The Morgan fingerprint density at radius 2 is 1.63 bits per heavy atom. The zero-order chi connectivity index (χ0) is 14.7. The third kappa shape index (κ3) is 13.4. The standard InChI is InChI=1S/C18H32O/c1-15(2)9-6-10-16(3)11-7-12-17(4)13-8-14-18(5)19/h8,13-16H,6-7,9-12H2,1-5H3/b14-8+,17-13-. The van der Waals surface area contributed by atoms with E-state index in [1.54, 1.807) is 13.0 Å². The SMILES string of the molecule is CC(=O)/C=C/C=C(/C)CCCC(C)CCCC(C)C. The van der Waals surface area contributed by atoms with E-state index in [0.29, 0.717) is 0 Å². The summed E-state index contributed by atoms with van der Waals surface area (Å²) in [6.07, 6.45) is 13.4. The highest BCUT2D eigenvalue weighted by atomic mass is 16.1. The van der Waals surface area contributed by atoms with Crippen molar-refractivity contribution < 1.29 is 4.79 Å². The molecule has 0 aliphatic carbocycles. The molecule has 0 aromatic rings. The van der Waals surface area contributed by atoms with Gasteiger partial charge in [0.25, 0.3) is 0 Å². The zero-order valence-corrected chi connectivity index (χ0v) is 13.5. The van der Waals surface area contributed by atoms with Gasteiger partial charge in [-0.2, -0.15) is 0 Å². The van der Waals surface area contributed by atoms with E-state index in [2.05, 4.69) is 33.8 Å². The summed E-state index contributed by atoms with van der Waals surface area (Å²) in [6, 6.07) is 0. The first-order valence-corrected chi connectivity index (χ1v) is 7.76. The highest BCUT2D eigenvalue weighted by Gasteiger charge is 2.03. The first-order valence-electron chi connectivity index (χ1n) is 7.76. The molecule has 0 radical (unpaired) electrons. The lowest BCUT2D eigenvalue weighted by Gasteiger charge is -2.12. The van der Waals surface area contributed by atoms with Gasteiger partial charge in [0.1, 0.15) is 0 Å². The molecule has 0 saturated carbocycles. The van der Waals surface area contributed by atoms with Gasteiger partial charge in [0, 0.05) is 0 Å². The molecule has 0 N–H and O–H groups in total. The molecule has 1 heteroatoms. The van der Waals surface area contributed by atoms with Crippen molar-refractivity contribution in [3.63, 3.8) is 0 Å². The number of carbonyl (C=O) groups is 1. The molecule has 19 heavy (non-hydrogen) atoms. The van der Waals surface area contributed by atoms with Crippen LogP contribution in [0.5, 0.6) is 0 Å². The van der Waals surface area contributed by atoms with Crippen molar-refractivity contribution in [2.75, 3.05) is 0 Å². The van der Waals surface area contributed by atoms with Crippen LogP contribution in [0.25, 0.3) is 0 Å². The van der Waals surface area contributed by atoms with Crippen LogP contribution in [0.1, 0.15) is 73.1 Å². The molecule has 1 atom stereocenters. The summed E-state index contributed by atoms with van der Waals surface area (Å²) in [5, 5.41) is 0. The molecule has 0 bridgehead atoms. The normalized spacial score (nSPS) is 14.3. The average molecular weight is 264 g/mol. The molecule has 0 aliphatic rings. The van der Waals surface area contributed by atoms with Crippen LogP contribution in [0.2, 0.25) is 0 Å². The Hall–Kier alpha value is -0.850. The van der Waals surface area contributed by atoms with Gasteiger partial charge < -0.3 is 0 Å². The number of ketones is 1. The molecule has 0 saturated heterocycles. The van der Waals surface area contributed by atoms with Gasteiger partial charge in [-0.25, -0.2) is 0 Å². The zero-order valence-electron chi connectivity index (χ0n) is 13.5. The molecule has 1 unspecified atom stereocenters. The molecule has 0 amide bonds. The predicted octanol–water partition coefficient (Wildman–Crippen LogP) is 5.71. The quantitative estimate of drug-likeness (QED) is 0.365. The Morgan fingerprint density at radius 1 is 1.00 bits per heavy atom. The molecular weight excluding hydrogens is 232 g/mol. The molecule has 0 spiro atoms. The second kappa shape index (κ2) is 11.0. The third-order valence-corrected chi connectivity index (χ3v) is 3.46. The van der Waals surface area contributed by atoms with Crippen LogP contribution in [-0.4, -0.2) is 5.78 Å². The Kier molecular flexibility index (Phi) is 10.5. The minimum Gasteiger partial charge on any atom is -0.295 e.